The van der Waals surface area contributed by atoms with Crippen molar-refractivity contribution in [1.82, 2.24) is 4.98 Å². The SMILES string of the molecule is CCCCOc1ccc(/C=N/Nc2nc(-c3cccc([N+](=O)[O-])c3)cs2)cc1OC. The van der Waals surface area contributed by atoms with Gasteiger partial charge in [-0.3, -0.25) is 15.5 Å². The molecular formula is C21H22N4O4S. The molecule has 0 atom stereocenters. The van der Waals surface area contributed by atoms with Crippen molar-refractivity contribution in [2.45, 2.75) is 19.8 Å². The first-order valence-corrected chi connectivity index (χ1v) is 10.3. The van der Waals surface area contributed by atoms with E-state index in [4.69, 9.17) is 9.47 Å². The lowest BCUT2D eigenvalue weighted by Gasteiger charge is -2.10. The first-order valence-electron chi connectivity index (χ1n) is 9.41. The van der Waals surface area contributed by atoms with Crippen LogP contribution in [0.3, 0.4) is 0 Å². The van der Waals surface area contributed by atoms with E-state index >= 15 is 0 Å². The molecule has 0 saturated carbocycles. The fraction of sp³-hybridized carbons (Fsp3) is 0.238. The van der Waals surface area contributed by atoms with Crippen LogP contribution in [0.15, 0.2) is 52.9 Å². The van der Waals surface area contributed by atoms with Gasteiger partial charge in [-0.05, 0) is 30.2 Å². The summed E-state index contributed by atoms with van der Waals surface area (Å²) in [5.41, 5.74) is 5.09. The molecule has 0 aliphatic carbocycles. The van der Waals surface area contributed by atoms with Crippen molar-refractivity contribution in [2.75, 3.05) is 19.1 Å². The molecule has 156 valence electrons. The van der Waals surface area contributed by atoms with Gasteiger partial charge in [0.25, 0.3) is 5.69 Å². The fourth-order valence-corrected chi connectivity index (χ4v) is 3.28. The second-order valence-corrected chi connectivity index (χ2v) is 7.19. The van der Waals surface area contributed by atoms with Crippen LogP contribution in [0.25, 0.3) is 11.3 Å². The molecule has 0 aliphatic rings. The van der Waals surface area contributed by atoms with Gasteiger partial charge >= 0.3 is 0 Å². The average Bonchev–Trinajstić information content (AvgIpc) is 3.23. The Kier molecular flexibility index (Phi) is 7.34. The lowest BCUT2D eigenvalue weighted by Crippen LogP contribution is -1.99. The van der Waals surface area contributed by atoms with E-state index in [1.807, 2.05) is 23.6 Å². The van der Waals surface area contributed by atoms with Gasteiger partial charge in [-0.15, -0.1) is 11.3 Å². The van der Waals surface area contributed by atoms with Gasteiger partial charge in [0, 0.05) is 23.1 Å². The first kappa shape index (κ1) is 21.3. The lowest BCUT2D eigenvalue weighted by atomic mass is 10.1. The molecule has 0 radical (unpaired) electrons. The van der Waals surface area contributed by atoms with Crippen molar-refractivity contribution < 1.29 is 14.4 Å². The molecule has 8 nitrogen and oxygen atoms in total. The number of hydrogen-bond acceptors (Lipinski definition) is 8. The van der Waals surface area contributed by atoms with Crippen molar-refractivity contribution in [3.05, 3.63) is 63.5 Å². The summed E-state index contributed by atoms with van der Waals surface area (Å²) in [6.07, 6.45) is 3.72. The number of benzene rings is 2. The van der Waals surface area contributed by atoms with Gasteiger partial charge < -0.3 is 9.47 Å². The summed E-state index contributed by atoms with van der Waals surface area (Å²) >= 11 is 1.36. The number of methoxy groups -OCH3 is 1. The minimum Gasteiger partial charge on any atom is -0.493 e. The van der Waals surface area contributed by atoms with Crippen LogP contribution in [-0.4, -0.2) is 29.8 Å². The molecule has 0 saturated heterocycles. The molecule has 1 aromatic heterocycles. The van der Waals surface area contributed by atoms with E-state index in [0.29, 0.717) is 34.5 Å². The Balaban J connectivity index is 1.65. The zero-order chi connectivity index (χ0) is 21.3. The highest BCUT2D eigenvalue weighted by Gasteiger charge is 2.10. The van der Waals surface area contributed by atoms with Gasteiger partial charge in [0.15, 0.2) is 11.5 Å². The second-order valence-electron chi connectivity index (χ2n) is 6.33. The number of nitro benzene ring substituents is 1. The average molecular weight is 426 g/mol. The predicted molar refractivity (Wildman–Crippen MR) is 119 cm³/mol. The first-order chi connectivity index (χ1) is 14.6. The van der Waals surface area contributed by atoms with Crippen molar-refractivity contribution in [1.29, 1.82) is 0 Å². The Morgan fingerprint density at radius 3 is 2.90 bits per heavy atom. The summed E-state index contributed by atoms with van der Waals surface area (Å²) in [5, 5.41) is 17.6. The number of hydrazone groups is 1. The number of rotatable bonds is 10. The van der Waals surface area contributed by atoms with Crippen LogP contribution in [0.2, 0.25) is 0 Å². The van der Waals surface area contributed by atoms with E-state index in [1.165, 1.54) is 23.5 Å². The number of thiazole rings is 1. The minimum atomic E-state index is -0.423. The van der Waals surface area contributed by atoms with Crippen LogP contribution in [0.5, 0.6) is 11.5 Å². The molecule has 9 heteroatoms. The molecule has 2 aromatic carbocycles. The fourth-order valence-electron chi connectivity index (χ4n) is 2.61. The monoisotopic (exact) mass is 426 g/mol. The third-order valence-corrected chi connectivity index (χ3v) is 4.92. The molecule has 1 heterocycles. The summed E-state index contributed by atoms with van der Waals surface area (Å²) < 4.78 is 11.1. The van der Waals surface area contributed by atoms with Gasteiger partial charge in [0.2, 0.25) is 5.13 Å². The number of hydrogen-bond donors (Lipinski definition) is 1. The number of unbranched alkanes of at least 4 members (excludes halogenated alkanes) is 1. The molecule has 1 N–H and O–H groups in total. The second kappa shape index (κ2) is 10.4. The molecule has 0 spiro atoms. The molecule has 3 rings (SSSR count). The number of nitro groups is 1. The number of anilines is 1. The van der Waals surface area contributed by atoms with E-state index in [0.717, 1.165) is 18.4 Å². The largest absolute Gasteiger partial charge is 0.493 e. The van der Waals surface area contributed by atoms with E-state index in [9.17, 15) is 10.1 Å². The predicted octanol–water partition coefficient (Wildman–Crippen LogP) is 5.35. The van der Waals surface area contributed by atoms with Gasteiger partial charge in [-0.2, -0.15) is 5.10 Å². The topological polar surface area (TPSA) is 98.9 Å². The molecule has 0 unspecified atom stereocenters. The van der Waals surface area contributed by atoms with Crippen molar-refractivity contribution in [3.8, 4) is 22.8 Å². The Bertz CT molecular complexity index is 1040. The molecule has 0 bridgehead atoms. The van der Waals surface area contributed by atoms with Crippen molar-refractivity contribution in [2.24, 2.45) is 5.10 Å². The summed E-state index contributed by atoms with van der Waals surface area (Å²) in [7, 11) is 1.60. The highest BCUT2D eigenvalue weighted by molar-refractivity contribution is 7.14. The van der Waals surface area contributed by atoms with Crippen LogP contribution < -0.4 is 14.9 Å². The Labute approximate surface area is 178 Å². The van der Waals surface area contributed by atoms with Crippen LogP contribution in [-0.2, 0) is 0 Å². The van der Waals surface area contributed by atoms with Crippen LogP contribution in [0.4, 0.5) is 10.8 Å². The Morgan fingerprint density at radius 2 is 2.13 bits per heavy atom. The smallest absolute Gasteiger partial charge is 0.270 e. The zero-order valence-electron chi connectivity index (χ0n) is 16.7. The molecule has 3 aromatic rings. The normalized spacial score (nSPS) is 10.9. The number of non-ortho nitro benzene ring substituents is 1. The molecular weight excluding hydrogens is 404 g/mol. The summed E-state index contributed by atoms with van der Waals surface area (Å²) in [5.74, 6) is 1.36. The van der Waals surface area contributed by atoms with E-state index in [2.05, 4.69) is 22.4 Å². The van der Waals surface area contributed by atoms with Crippen LogP contribution in [0, 0.1) is 10.1 Å². The molecule has 30 heavy (non-hydrogen) atoms. The van der Waals surface area contributed by atoms with E-state index in [1.54, 1.807) is 25.5 Å². The summed E-state index contributed by atoms with van der Waals surface area (Å²) in [6, 6.07) is 12.0. The number of aromatic nitrogens is 1. The molecule has 0 amide bonds. The highest BCUT2D eigenvalue weighted by atomic mass is 32.1. The maximum absolute atomic E-state index is 10.9. The highest BCUT2D eigenvalue weighted by Crippen LogP contribution is 2.29. The third-order valence-electron chi connectivity index (χ3n) is 4.17. The maximum atomic E-state index is 10.9. The number of nitrogens with one attached hydrogen (secondary N) is 1. The zero-order valence-corrected chi connectivity index (χ0v) is 17.5. The van der Waals surface area contributed by atoms with Gasteiger partial charge in [0.05, 0.1) is 30.5 Å². The Morgan fingerprint density at radius 1 is 1.27 bits per heavy atom. The van der Waals surface area contributed by atoms with Crippen molar-refractivity contribution >= 4 is 28.4 Å². The van der Waals surface area contributed by atoms with Gasteiger partial charge in [-0.1, -0.05) is 25.5 Å². The quantitative estimate of drug-likeness (QED) is 0.203. The number of nitrogens with zero attached hydrogens (tertiary/aromatic N) is 3. The lowest BCUT2D eigenvalue weighted by molar-refractivity contribution is -0.384. The van der Waals surface area contributed by atoms with Gasteiger partial charge in [-0.25, -0.2) is 4.98 Å². The minimum absolute atomic E-state index is 0.0316. The third kappa shape index (κ3) is 5.54. The molecule has 0 fully saturated rings. The van der Waals surface area contributed by atoms with Crippen LogP contribution >= 0.6 is 11.3 Å². The number of ether oxygens (including phenoxy) is 2. The van der Waals surface area contributed by atoms with E-state index < -0.39 is 4.92 Å². The Hall–Kier alpha value is -3.46. The molecule has 0 aliphatic heterocycles. The van der Waals surface area contributed by atoms with E-state index in [-0.39, 0.29) is 5.69 Å². The van der Waals surface area contributed by atoms with Gasteiger partial charge in [0.1, 0.15) is 0 Å². The summed E-state index contributed by atoms with van der Waals surface area (Å²) in [4.78, 5) is 14.9. The maximum Gasteiger partial charge on any atom is 0.270 e. The standard InChI is InChI=1S/C21H22N4O4S/c1-3-4-10-29-19-9-8-15(11-20(19)28-2)13-22-24-21-23-18(14-30-21)16-6-5-7-17(12-16)25(26)27/h5-9,11-14H,3-4,10H2,1-2H3,(H,23,24)/b22-13+. The van der Waals surface area contributed by atoms with Crippen molar-refractivity contribution in [3.63, 3.8) is 0 Å². The summed E-state index contributed by atoms with van der Waals surface area (Å²) in [6.45, 7) is 2.76. The van der Waals surface area contributed by atoms with Crippen LogP contribution in [0.1, 0.15) is 25.3 Å².